The number of unbranched alkanes of at least 4 members (excludes halogenated alkanes) is 1. The van der Waals surface area contributed by atoms with Crippen molar-refractivity contribution in [3.8, 4) is 0 Å². The molecule has 0 fully saturated rings. The van der Waals surface area contributed by atoms with Crippen molar-refractivity contribution in [3.63, 3.8) is 0 Å². The van der Waals surface area contributed by atoms with Crippen molar-refractivity contribution in [2.24, 2.45) is 0 Å². The Morgan fingerprint density at radius 2 is 2.06 bits per heavy atom. The van der Waals surface area contributed by atoms with Crippen LogP contribution in [0.15, 0.2) is 24.3 Å². The van der Waals surface area contributed by atoms with E-state index < -0.39 is 0 Å². The predicted molar refractivity (Wildman–Crippen MR) is 78.2 cm³/mol. The standard InChI is InChI=1S/C16H27NO/c1-4-5-9-15(13-17-11-12-18-3)16-10-7-6-8-14(16)2/h6-8,10,15,17H,4-5,9,11-13H2,1-3H3. The van der Waals surface area contributed by atoms with Crippen LogP contribution < -0.4 is 5.32 Å². The van der Waals surface area contributed by atoms with Crippen LogP contribution in [-0.4, -0.2) is 26.8 Å². The molecule has 18 heavy (non-hydrogen) atoms. The fourth-order valence-electron chi connectivity index (χ4n) is 2.31. The molecule has 0 amide bonds. The Bertz CT molecular complexity index is 325. The van der Waals surface area contributed by atoms with Gasteiger partial charge in [0.2, 0.25) is 0 Å². The second-order valence-corrected chi connectivity index (χ2v) is 4.89. The highest BCUT2D eigenvalue weighted by Crippen LogP contribution is 2.24. The molecule has 0 radical (unpaired) electrons. The number of benzene rings is 1. The minimum Gasteiger partial charge on any atom is -0.383 e. The van der Waals surface area contributed by atoms with Gasteiger partial charge in [-0.3, -0.25) is 0 Å². The van der Waals surface area contributed by atoms with Crippen molar-refractivity contribution in [1.29, 1.82) is 0 Å². The first-order valence-electron chi connectivity index (χ1n) is 7.04. The van der Waals surface area contributed by atoms with E-state index in [9.17, 15) is 0 Å². The van der Waals surface area contributed by atoms with E-state index in [2.05, 4.69) is 43.4 Å². The Kier molecular flexibility index (Phi) is 7.70. The van der Waals surface area contributed by atoms with Crippen molar-refractivity contribution in [1.82, 2.24) is 5.32 Å². The van der Waals surface area contributed by atoms with Crippen LogP contribution in [0.4, 0.5) is 0 Å². The van der Waals surface area contributed by atoms with Crippen molar-refractivity contribution in [2.45, 2.75) is 39.0 Å². The van der Waals surface area contributed by atoms with Gasteiger partial charge in [-0.15, -0.1) is 0 Å². The molecule has 1 unspecified atom stereocenters. The molecule has 0 saturated carbocycles. The maximum atomic E-state index is 5.07. The van der Waals surface area contributed by atoms with E-state index in [1.54, 1.807) is 7.11 Å². The molecule has 2 heteroatoms. The lowest BCUT2D eigenvalue weighted by atomic mass is 9.90. The van der Waals surface area contributed by atoms with Gasteiger partial charge < -0.3 is 10.1 Å². The summed E-state index contributed by atoms with van der Waals surface area (Å²) in [6, 6.07) is 8.75. The van der Waals surface area contributed by atoms with Crippen LogP contribution in [-0.2, 0) is 4.74 Å². The molecule has 0 bridgehead atoms. The smallest absolute Gasteiger partial charge is 0.0587 e. The molecule has 1 aromatic rings. The average Bonchev–Trinajstić information content (AvgIpc) is 2.39. The van der Waals surface area contributed by atoms with Crippen molar-refractivity contribution in [3.05, 3.63) is 35.4 Å². The van der Waals surface area contributed by atoms with E-state index in [1.807, 2.05) is 0 Å². The lowest BCUT2D eigenvalue weighted by Crippen LogP contribution is -2.25. The second-order valence-electron chi connectivity index (χ2n) is 4.89. The molecule has 0 aliphatic heterocycles. The Hall–Kier alpha value is -0.860. The Morgan fingerprint density at radius 1 is 1.28 bits per heavy atom. The zero-order chi connectivity index (χ0) is 13.2. The Labute approximate surface area is 112 Å². The summed E-state index contributed by atoms with van der Waals surface area (Å²) >= 11 is 0. The summed E-state index contributed by atoms with van der Waals surface area (Å²) in [5, 5.41) is 3.50. The number of rotatable bonds is 9. The fourth-order valence-corrected chi connectivity index (χ4v) is 2.31. The third-order valence-corrected chi connectivity index (χ3v) is 3.41. The molecule has 102 valence electrons. The van der Waals surface area contributed by atoms with E-state index in [4.69, 9.17) is 4.74 Å². The van der Waals surface area contributed by atoms with E-state index in [0.29, 0.717) is 5.92 Å². The van der Waals surface area contributed by atoms with Gasteiger partial charge in [-0.1, -0.05) is 44.0 Å². The number of ether oxygens (including phenoxy) is 1. The molecule has 1 atom stereocenters. The highest BCUT2D eigenvalue weighted by Gasteiger charge is 2.12. The maximum Gasteiger partial charge on any atom is 0.0587 e. The maximum absolute atomic E-state index is 5.07. The summed E-state index contributed by atoms with van der Waals surface area (Å²) < 4.78 is 5.07. The normalized spacial score (nSPS) is 12.6. The van der Waals surface area contributed by atoms with Crippen LogP contribution in [0.25, 0.3) is 0 Å². The first kappa shape index (κ1) is 15.2. The van der Waals surface area contributed by atoms with Crippen LogP contribution in [0.5, 0.6) is 0 Å². The number of nitrogens with one attached hydrogen (secondary N) is 1. The Balaban J connectivity index is 2.57. The zero-order valence-electron chi connectivity index (χ0n) is 12.0. The van der Waals surface area contributed by atoms with Gasteiger partial charge in [0, 0.05) is 20.2 Å². The van der Waals surface area contributed by atoms with Crippen LogP contribution in [0.1, 0.15) is 43.2 Å². The molecule has 0 aliphatic rings. The number of aryl methyl sites for hydroxylation is 1. The van der Waals surface area contributed by atoms with Gasteiger partial charge in [-0.2, -0.15) is 0 Å². The number of methoxy groups -OCH3 is 1. The quantitative estimate of drug-likeness (QED) is 0.676. The van der Waals surface area contributed by atoms with Crippen molar-refractivity contribution < 1.29 is 4.74 Å². The molecule has 0 aromatic heterocycles. The molecule has 1 rings (SSSR count). The first-order chi connectivity index (χ1) is 8.79. The molecule has 0 aliphatic carbocycles. The third kappa shape index (κ3) is 5.19. The second kappa shape index (κ2) is 9.12. The summed E-state index contributed by atoms with van der Waals surface area (Å²) in [4.78, 5) is 0. The van der Waals surface area contributed by atoms with Gasteiger partial charge in [0.15, 0.2) is 0 Å². The topological polar surface area (TPSA) is 21.3 Å². The highest BCUT2D eigenvalue weighted by atomic mass is 16.5. The monoisotopic (exact) mass is 249 g/mol. The molecular formula is C16H27NO. The highest BCUT2D eigenvalue weighted by molar-refractivity contribution is 5.29. The van der Waals surface area contributed by atoms with Gasteiger partial charge in [0.1, 0.15) is 0 Å². The van der Waals surface area contributed by atoms with Crippen LogP contribution in [0.2, 0.25) is 0 Å². The van der Waals surface area contributed by atoms with E-state index >= 15 is 0 Å². The molecule has 0 spiro atoms. The van der Waals surface area contributed by atoms with Crippen LogP contribution >= 0.6 is 0 Å². The van der Waals surface area contributed by atoms with Gasteiger partial charge in [-0.05, 0) is 30.4 Å². The van der Waals surface area contributed by atoms with Gasteiger partial charge >= 0.3 is 0 Å². The minimum atomic E-state index is 0.628. The van der Waals surface area contributed by atoms with E-state index in [1.165, 1.54) is 30.4 Å². The van der Waals surface area contributed by atoms with Crippen molar-refractivity contribution in [2.75, 3.05) is 26.8 Å². The summed E-state index contributed by atoms with van der Waals surface area (Å²) in [5.74, 6) is 0.628. The summed E-state index contributed by atoms with van der Waals surface area (Å²) in [5.41, 5.74) is 2.91. The van der Waals surface area contributed by atoms with Gasteiger partial charge in [-0.25, -0.2) is 0 Å². The van der Waals surface area contributed by atoms with Gasteiger partial charge in [0.25, 0.3) is 0 Å². The summed E-state index contributed by atoms with van der Waals surface area (Å²) in [7, 11) is 1.75. The fraction of sp³-hybridized carbons (Fsp3) is 0.625. The predicted octanol–water partition coefficient (Wildman–Crippen LogP) is 3.50. The number of hydrogen-bond acceptors (Lipinski definition) is 2. The molecule has 0 saturated heterocycles. The minimum absolute atomic E-state index is 0.628. The van der Waals surface area contributed by atoms with Gasteiger partial charge in [0.05, 0.1) is 6.61 Å². The first-order valence-corrected chi connectivity index (χ1v) is 7.04. The lowest BCUT2D eigenvalue weighted by Gasteiger charge is -2.20. The molecule has 1 aromatic carbocycles. The summed E-state index contributed by atoms with van der Waals surface area (Å²) in [6.07, 6.45) is 3.83. The molecule has 2 nitrogen and oxygen atoms in total. The number of hydrogen-bond donors (Lipinski definition) is 1. The largest absolute Gasteiger partial charge is 0.383 e. The molecule has 0 heterocycles. The Morgan fingerprint density at radius 3 is 2.72 bits per heavy atom. The average molecular weight is 249 g/mol. The lowest BCUT2D eigenvalue weighted by molar-refractivity contribution is 0.198. The van der Waals surface area contributed by atoms with E-state index in [0.717, 1.165) is 19.7 Å². The van der Waals surface area contributed by atoms with Crippen LogP contribution in [0.3, 0.4) is 0 Å². The zero-order valence-corrected chi connectivity index (χ0v) is 12.0. The van der Waals surface area contributed by atoms with E-state index in [-0.39, 0.29) is 0 Å². The third-order valence-electron chi connectivity index (χ3n) is 3.41. The molecule has 1 N–H and O–H groups in total. The summed E-state index contributed by atoms with van der Waals surface area (Å²) in [6.45, 7) is 7.24. The van der Waals surface area contributed by atoms with Crippen LogP contribution in [0, 0.1) is 6.92 Å². The molecular weight excluding hydrogens is 222 g/mol. The van der Waals surface area contributed by atoms with Crippen molar-refractivity contribution >= 4 is 0 Å². The SMILES string of the molecule is CCCCC(CNCCOC)c1ccccc1C.